The fourth-order valence-electron chi connectivity index (χ4n) is 3.66. The second-order valence-corrected chi connectivity index (χ2v) is 10.1. The van der Waals surface area contributed by atoms with E-state index in [4.69, 9.17) is 4.74 Å². The van der Waals surface area contributed by atoms with Crippen molar-refractivity contribution >= 4 is 36.2 Å². The van der Waals surface area contributed by atoms with E-state index < -0.39 is 35.6 Å². The lowest BCUT2D eigenvalue weighted by Gasteiger charge is -2.38. The molecule has 0 spiro atoms. The number of alkyl carbamates (subject to hydrolysis) is 1. The smallest absolute Gasteiger partial charge is 0.408 e. The molecule has 2 rings (SSSR count). The van der Waals surface area contributed by atoms with Gasteiger partial charge in [0, 0.05) is 17.5 Å². The van der Waals surface area contributed by atoms with E-state index in [0.717, 1.165) is 5.56 Å². The van der Waals surface area contributed by atoms with Gasteiger partial charge < -0.3 is 25.4 Å². The number of para-hydroxylation sites is 1. The first-order valence-corrected chi connectivity index (χ1v) is 12.6. The Hall–Kier alpha value is -3.20. The highest BCUT2D eigenvalue weighted by atomic mass is 32.1. The van der Waals surface area contributed by atoms with Crippen LogP contribution in [-0.2, 0) is 14.3 Å². The molecule has 0 aliphatic carbocycles. The molecule has 3 atom stereocenters. The summed E-state index contributed by atoms with van der Waals surface area (Å²) in [5.41, 5.74) is 1.16. The van der Waals surface area contributed by atoms with Crippen LogP contribution in [-0.4, -0.2) is 51.4 Å². The third-order valence-electron chi connectivity index (χ3n) is 5.61. The molecule has 36 heavy (non-hydrogen) atoms. The van der Waals surface area contributed by atoms with Gasteiger partial charge in [-0.1, -0.05) is 37.3 Å². The van der Waals surface area contributed by atoms with Crippen LogP contribution in [0, 0.1) is 6.92 Å². The van der Waals surface area contributed by atoms with Crippen LogP contribution < -0.4 is 10.6 Å². The van der Waals surface area contributed by atoms with E-state index >= 15 is 0 Å². The summed E-state index contributed by atoms with van der Waals surface area (Å²) in [5.74, 6) is -0.968. The van der Waals surface area contributed by atoms with Crippen LogP contribution in [0.15, 0.2) is 48.5 Å². The summed E-state index contributed by atoms with van der Waals surface area (Å²) in [6, 6.07) is 11.1. The van der Waals surface area contributed by atoms with Crippen LogP contribution in [0.4, 0.5) is 10.5 Å². The number of ether oxygens (including phenoxy) is 1. The van der Waals surface area contributed by atoms with Crippen LogP contribution in [0.1, 0.15) is 58.2 Å². The number of nitrogens with zero attached hydrogens (tertiary/aromatic N) is 1. The van der Waals surface area contributed by atoms with E-state index in [9.17, 15) is 19.5 Å². The molecule has 3 unspecified atom stereocenters. The van der Waals surface area contributed by atoms with Crippen molar-refractivity contribution in [3.8, 4) is 5.75 Å². The number of carbonyl (C=O) groups is 3. The Bertz CT molecular complexity index is 1070. The standard InChI is InChI=1S/C27H37N3O5S/c1-7-18(3)30(25(33)22(16-36)29-26(34)35-27(4,5)6)23(19-12-10-13-20(31)15-19)24(32)28-21-14-9-8-11-17(21)2/h8-15,18,22-23,31,36H,7,16H2,1-6H3,(H,28,32)(H,29,34). The van der Waals surface area contributed by atoms with Gasteiger partial charge in [-0.2, -0.15) is 12.6 Å². The van der Waals surface area contributed by atoms with Gasteiger partial charge in [0.1, 0.15) is 23.4 Å². The van der Waals surface area contributed by atoms with Gasteiger partial charge >= 0.3 is 6.09 Å². The van der Waals surface area contributed by atoms with Crippen molar-refractivity contribution < 1.29 is 24.2 Å². The van der Waals surface area contributed by atoms with Gasteiger partial charge in [0.15, 0.2) is 0 Å². The Morgan fingerprint density at radius 1 is 1.11 bits per heavy atom. The Labute approximate surface area is 218 Å². The number of hydrogen-bond donors (Lipinski definition) is 4. The van der Waals surface area contributed by atoms with Gasteiger partial charge in [-0.15, -0.1) is 0 Å². The van der Waals surface area contributed by atoms with Crippen molar-refractivity contribution in [2.24, 2.45) is 0 Å². The van der Waals surface area contributed by atoms with E-state index in [1.807, 2.05) is 39.0 Å². The van der Waals surface area contributed by atoms with Crippen molar-refractivity contribution in [2.75, 3.05) is 11.1 Å². The molecule has 0 fully saturated rings. The zero-order chi connectivity index (χ0) is 27.0. The Morgan fingerprint density at radius 3 is 2.33 bits per heavy atom. The molecule has 0 heterocycles. The molecule has 2 aromatic carbocycles. The summed E-state index contributed by atoms with van der Waals surface area (Å²) in [6.07, 6.45) is -0.206. The molecule has 0 bridgehead atoms. The summed E-state index contributed by atoms with van der Waals surface area (Å²) < 4.78 is 5.32. The van der Waals surface area contributed by atoms with Gasteiger partial charge in [0.05, 0.1) is 0 Å². The SMILES string of the molecule is CCC(C)N(C(=O)C(CS)NC(=O)OC(C)(C)C)C(C(=O)Nc1ccccc1C)c1cccc(O)c1. The average molecular weight is 516 g/mol. The molecular formula is C27H37N3O5S. The van der Waals surface area contributed by atoms with E-state index in [1.165, 1.54) is 17.0 Å². The number of phenolic OH excluding ortho intramolecular Hbond substituents is 1. The van der Waals surface area contributed by atoms with Crippen LogP contribution in [0.3, 0.4) is 0 Å². The van der Waals surface area contributed by atoms with E-state index in [-0.39, 0.29) is 17.5 Å². The van der Waals surface area contributed by atoms with Crippen molar-refractivity contribution in [1.29, 1.82) is 0 Å². The molecule has 8 nitrogen and oxygen atoms in total. The number of benzene rings is 2. The third kappa shape index (κ3) is 7.91. The van der Waals surface area contributed by atoms with Crippen LogP contribution in [0.2, 0.25) is 0 Å². The molecule has 0 aromatic heterocycles. The zero-order valence-corrected chi connectivity index (χ0v) is 22.6. The summed E-state index contributed by atoms with van der Waals surface area (Å²) in [7, 11) is 0. The molecule has 0 saturated heterocycles. The topological polar surface area (TPSA) is 108 Å². The number of nitrogens with one attached hydrogen (secondary N) is 2. The van der Waals surface area contributed by atoms with Gasteiger partial charge in [0.25, 0.3) is 5.91 Å². The fraction of sp³-hybridized carbons (Fsp3) is 0.444. The lowest BCUT2D eigenvalue weighted by molar-refractivity contribution is -0.142. The second kappa shape index (κ2) is 12.7. The normalized spacial score (nSPS) is 13.8. The molecule has 3 amide bonds. The first-order valence-electron chi connectivity index (χ1n) is 12.0. The maximum absolute atomic E-state index is 13.9. The Balaban J connectivity index is 2.51. The number of hydrogen-bond acceptors (Lipinski definition) is 6. The summed E-state index contributed by atoms with van der Waals surface area (Å²) in [4.78, 5) is 41.5. The van der Waals surface area contributed by atoms with E-state index in [1.54, 1.807) is 39.0 Å². The lowest BCUT2D eigenvalue weighted by Crippen LogP contribution is -2.55. The van der Waals surface area contributed by atoms with Gasteiger partial charge in [0.2, 0.25) is 5.91 Å². The molecule has 3 N–H and O–H groups in total. The van der Waals surface area contributed by atoms with E-state index in [0.29, 0.717) is 17.7 Å². The molecule has 2 aromatic rings. The molecule has 0 aliphatic heterocycles. The quantitative estimate of drug-likeness (QED) is 0.358. The number of aromatic hydroxyl groups is 1. The number of aryl methyl sites for hydroxylation is 1. The minimum atomic E-state index is -1.08. The Kier molecular flexibility index (Phi) is 10.2. The van der Waals surface area contributed by atoms with Crippen LogP contribution >= 0.6 is 12.6 Å². The number of thiol groups is 1. The lowest BCUT2D eigenvalue weighted by atomic mass is 9.99. The number of carbonyl (C=O) groups excluding carboxylic acids is 3. The number of rotatable bonds is 9. The highest BCUT2D eigenvalue weighted by molar-refractivity contribution is 7.80. The molecule has 0 aliphatic rings. The molecule has 0 radical (unpaired) electrons. The zero-order valence-electron chi connectivity index (χ0n) is 21.7. The minimum absolute atomic E-state index is 0.00280. The highest BCUT2D eigenvalue weighted by Gasteiger charge is 2.38. The number of phenols is 1. The number of anilines is 1. The van der Waals surface area contributed by atoms with Crippen LogP contribution in [0.5, 0.6) is 5.75 Å². The molecule has 196 valence electrons. The second-order valence-electron chi connectivity index (χ2n) is 9.69. The molecule has 9 heteroatoms. The highest BCUT2D eigenvalue weighted by Crippen LogP contribution is 2.30. The summed E-state index contributed by atoms with van der Waals surface area (Å²) in [5, 5.41) is 15.7. The first kappa shape index (κ1) is 29.0. The average Bonchev–Trinajstić information content (AvgIpc) is 2.80. The maximum Gasteiger partial charge on any atom is 0.408 e. The summed E-state index contributed by atoms with van der Waals surface area (Å²) >= 11 is 4.29. The van der Waals surface area contributed by atoms with Gasteiger partial charge in [-0.3, -0.25) is 9.59 Å². The maximum atomic E-state index is 13.9. The Morgan fingerprint density at radius 2 is 1.78 bits per heavy atom. The third-order valence-corrected chi connectivity index (χ3v) is 5.97. The van der Waals surface area contributed by atoms with Crippen LogP contribution in [0.25, 0.3) is 0 Å². The van der Waals surface area contributed by atoms with Gasteiger partial charge in [-0.25, -0.2) is 4.79 Å². The minimum Gasteiger partial charge on any atom is -0.508 e. The van der Waals surface area contributed by atoms with E-state index in [2.05, 4.69) is 23.3 Å². The fourth-order valence-corrected chi connectivity index (χ4v) is 3.91. The van der Waals surface area contributed by atoms with Crippen molar-refractivity contribution in [2.45, 2.75) is 71.7 Å². The van der Waals surface area contributed by atoms with Crippen molar-refractivity contribution in [3.63, 3.8) is 0 Å². The number of amides is 3. The monoisotopic (exact) mass is 515 g/mol. The van der Waals surface area contributed by atoms with Crippen molar-refractivity contribution in [3.05, 3.63) is 59.7 Å². The van der Waals surface area contributed by atoms with Gasteiger partial charge in [-0.05, 0) is 70.4 Å². The first-order chi connectivity index (χ1) is 16.9. The molecule has 0 saturated carbocycles. The molecular weight excluding hydrogens is 478 g/mol. The predicted octanol–water partition coefficient (Wildman–Crippen LogP) is 4.83. The predicted molar refractivity (Wildman–Crippen MR) is 144 cm³/mol. The summed E-state index contributed by atoms with van der Waals surface area (Å²) in [6.45, 7) is 10.8. The van der Waals surface area contributed by atoms with Crippen molar-refractivity contribution in [1.82, 2.24) is 10.2 Å². The largest absolute Gasteiger partial charge is 0.508 e.